The quantitative estimate of drug-likeness (QED) is 0.812. The Morgan fingerprint density at radius 1 is 1.29 bits per heavy atom. The normalized spacial score (nSPS) is 18.2. The fraction of sp³-hybridized carbons (Fsp3) is 0.375. The number of hydrogen-bond donors (Lipinski definition) is 0. The molecule has 1 aromatic carbocycles. The van der Waals surface area contributed by atoms with Gasteiger partial charge < -0.3 is 4.90 Å². The van der Waals surface area contributed by atoms with E-state index in [0.717, 1.165) is 24.5 Å². The molecule has 1 amide bonds. The van der Waals surface area contributed by atoms with Crippen LogP contribution in [-0.2, 0) is 13.2 Å². The Labute approximate surface area is 141 Å². The predicted octanol–water partition coefficient (Wildman–Crippen LogP) is 4.07. The molecule has 1 atom stereocenters. The highest BCUT2D eigenvalue weighted by molar-refractivity contribution is 6.30. The summed E-state index contributed by atoms with van der Waals surface area (Å²) in [6, 6.07) is 7.77. The lowest BCUT2D eigenvalue weighted by Gasteiger charge is -2.24. The van der Waals surface area contributed by atoms with E-state index < -0.39 is 17.8 Å². The molecule has 1 unspecified atom stereocenters. The minimum Gasteiger partial charge on any atom is -0.330 e. The minimum absolute atomic E-state index is 0.175. The summed E-state index contributed by atoms with van der Waals surface area (Å²) in [6.07, 6.45) is -2.99. The van der Waals surface area contributed by atoms with E-state index >= 15 is 0 Å². The van der Waals surface area contributed by atoms with E-state index in [1.54, 1.807) is 17.0 Å². The molecule has 0 N–H and O–H groups in total. The van der Waals surface area contributed by atoms with Crippen LogP contribution in [0.5, 0.6) is 0 Å². The van der Waals surface area contributed by atoms with Crippen LogP contribution < -0.4 is 0 Å². The third-order valence-corrected chi connectivity index (χ3v) is 4.41. The molecule has 8 heteroatoms. The predicted molar refractivity (Wildman–Crippen MR) is 82.7 cm³/mol. The van der Waals surface area contributed by atoms with Gasteiger partial charge in [-0.05, 0) is 30.5 Å². The molecule has 2 aromatic rings. The van der Waals surface area contributed by atoms with Gasteiger partial charge in [0.1, 0.15) is 5.69 Å². The molecule has 0 bridgehead atoms. The summed E-state index contributed by atoms with van der Waals surface area (Å²) in [5, 5.41) is 4.34. The van der Waals surface area contributed by atoms with Crippen LogP contribution in [0.1, 0.15) is 40.6 Å². The zero-order chi connectivity index (χ0) is 17.5. The molecule has 0 radical (unpaired) electrons. The van der Waals surface area contributed by atoms with Crippen molar-refractivity contribution in [3.05, 3.63) is 52.3 Å². The summed E-state index contributed by atoms with van der Waals surface area (Å²) in [6.45, 7) is 0.490. The third kappa shape index (κ3) is 3.13. The van der Waals surface area contributed by atoms with Gasteiger partial charge in [0, 0.05) is 24.7 Å². The van der Waals surface area contributed by atoms with Gasteiger partial charge in [-0.25, -0.2) is 0 Å². The van der Waals surface area contributed by atoms with Crippen LogP contribution in [0.3, 0.4) is 0 Å². The summed E-state index contributed by atoms with van der Waals surface area (Å²) in [5.41, 5.74) is -0.212. The molecule has 0 aliphatic carbocycles. The molecule has 1 aliphatic rings. The van der Waals surface area contributed by atoms with Crippen LogP contribution in [0.2, 0.25) is 5.02 Å². The molecule has 3 rings (SSSR count). The number of carbonyl (C=O) groups excluding carboxylic acids is 1. The van der Waals surface area contributed by atoms with Crippen molar-refractivity contribution in [3.8, 4) is 0 Å². The fourth-order valence-electron chi connectivity index (χ4n) is 3.03. The van der Waals surface area contributed by atoms with Crippen molar-refractivity contribution in [2.75, 3.05) is 6.54 Å². The van der Waals surface area contributed by atoms with Crippen molar-refractivity contribution in [2.24, 2.45) is 7.05 Å². The molecule has 1 aliphatic heterocycles. The van der Waals surface area contributed by atoms with E-state index in [-0.39, 0.29) is 11.7 Å². The second kappa shape index (κ2) is 6.12. The fourth-order valence-corrected chi connectivity index (χ4v) is 3.15. The van der Waals surface area contributed by atoms with Crippen LogP contribution in [0.25, 0.3) is 0 Å². The first-order valence-electron chi connectivity index (χ1n) is 7.45. The van der Waals surface area contributed by atoms with Crippen molar-refractivity contribution >= 4 is 17.5 Å². The molecule has 24 heavy (non-hydrogen) atoms. The lowest BCUT2D eigenvalue weighted by Crippen LogP contribution is -2.31. The maximum Gasteiger partial charge on any atom is 0.433 e. The second-order valence-corrected chi connectivity index (χ2v) is 6.18. The molecule has 1 aromatic heterocycles. The molecule has 4 nitrogen and oxygen atoms in total. The van der Waals surface area contributed by atoms with Crippen LogP contribution in [0, 0.1) is 0 Å². The maximum absolute atomic E-state index is 12.9. The standard InChI is InChI=1S/C16H15ClF3N3O/c1-22-14(16(18,19)20)9-12(21-22)15(24)23-8-2-3-13(23)10-4-6-11(17)7-5-10/h4-7,9,13H,2-3,8H2,1H3. The Morgan fingerprint density at radius 2 is 1.96 bits per heavy atom. The average Bonchev–Trinajstić information content (AvgIpc) is 3.13. The van der Waals surface area contributed by atoms with Gasteiger partial charge in [0.2, 0.25) is 0 Å². The molecule has 128 valence electrons. The Kier molecular flexibility index (Phi) is 4.29. The first kappa shape index (κ1) is 16.8. The highest BCUT2D eigenvalue weighted by atomic mass is 35.5. The number of aromatic nitrogens is 2. The number of benzene rings is 1. The van der Waals surface area contributed by atoms with Gasteiger partial charge in [-0.15, -0.1) is 0 Å². The number of likely N-dealkylation sites (tertiary alicyclic amines) is 1. The number of nitrogens with zero attached hydrogens (tertiary/aromatic N) is 3. The Balaban J connectivity index is 1.87. The Hall–Kier alpha value is -2.02. The molecule has 1 saturated heterocycles. The summed E-state index contributed by atoms with van der Waals surface area (Å²) in [5.74, 6) is -0.487. The van der Waals surface area contributed by atoms with Crippen LogP contribution >= 0.6 is 11.6 Å². The van der Waals surface area contributed by atoms with E-state index in [0.29, 0.717) is 16.2 Å². The van der Waals surface area contributed by atoms with Gasteiger partial charge in [-0.1, -0.05) is 23.7 Å². The SMILES string of the molecule is Cn1nc(C(=O)N2CCCC2c2ccc(Cl)cc2)cc1C(F)(F)F. The topological polar surface area (TPSA) is 38.1 Å². The summed E-state index contributed by atoms with van der Waals surface area (Å²) < 4.78 is 39.3. The first-order chi connectivity index (χ1) is 11.3. The molecule has 1 fully saturated rings. The van der Waals surface area contributed by atoms with E-state index in [2.05, 4.69) is 5.10 Å². The van der Waals surface area contributed by atoms with Crippen LogP contribution in [0.15, 0.2) is 30.3 Å². The average molecular weight is 358 g/mol. The van der Waals surface area contributed by atoms with Gasteiger partial charge in [-0.3, -0.25) is 9.48 Å². The van der Waals surface area contributed by atoms with Crippen molar-refractivity contribution in [3.63, 3.8) is 0 Å². The first-order valence-corrected chi connectivity index (χ1v) is 7.83. The second-order valence-electron chi connectivity index (χ2n) is 5.74. The highest BCUT2D eigenvalue weighted by Gasteiger charge is 2.38. The lowest BCUT2D eigenvalue weighted by atomic mass is 10.0. The van der Waals surface area contributed by atoms with Crippen LogP contribution in [0.4, 0.5) is 13.2 Å². The van der Waals surface area contributed by atoms with E-state index in [1.165, 1.54) is 7.05 Å². The molecular formula is C16H15ClF3N3O. The van der Waals surface area contributed by atoms with E-state index in [4.69, 9.17) is 11.6 Å². The zero-order valence-electron chi connectivity index (χ0n) is 12.8. The van der Waals surface area contributed by atoms with Gasteiger partial charge in [0.15, 0.2) is 5.69 Å². The van der Waals surface area contributed by atoms with Crippen molar-refractivity contribution in [1.82, 2.24) is 14.7 Å². The number of aryl methyl sites for hydroxylation is 1. The monoisotopic (exact) mass is 357 g/mol. The number of rotatable bonds is 2. The van der Waals surface area contributed by atoms with E-state index in [9.17, 15) is 18.0 Å². The third-order valence-electron chi connectivity index (χ3n) is 4.16. The summed E-state index contributed by atoms with van der Waals surface area (Å²) in [4.78, 5) is 14.2. The Morgan fingerprint density at radius 3 is 2.54 bits per heavy atom. The smallest absolute Gasteiger partial charge is 0.330 e. The number of halogens is 4. The number of carbonyl (C=O) groups is 1. The summed E-state index contributed by atoms with van der Waals surface area (Å²) in [7, 11) is 1.18. The van der Waals surface area contributed by atoms with Crippen molar-refractivity contribution < 1.29 is 18.0 Å². The van der Waals surface area contributed by atoms with E-state index in [1.807, 2.05) is 12.1 Å². The van der Waals surface area contributed by atoms with Crippen molar-refractivity contribution in [1.29, 1.82) is 0 Å². The molecule has 0 spiro atoms. The van der Waals surface area contributed by atoms with Gasteiger partial charge in [-0.2, -0.15) is 18.3 Å². The molecule has 0 saturated carbocycles. The number of alkyl halides is 3. The molecular weight excluding hydrogens is 343 g/mol. The maximum atomic E-state index is 12.9. The Bertz CT molecular complexity index is 755. The van der Waals surface area contributed by atoms with Gasteiger partial charge >= 0.3 is 6.18 Å². The minimum atomic E-state index is -4.54. The highest BCUT2D eigenvalue weighted by Crippen LogP contribution is 2.34. The van der Waals surface area contributed by atoms with Crippen LogP contribution in [-0.4, -0.2) is 27.1 Å². The van der Waals surface area contributed by atoms with Gasteiger partial charge in [0.25, 0.3) is 5.91 Å². The zero-order valence-corrected chi connectivity index (χ0v) is 13.6. The summed E-state index contributed by atoms with van der Waals surface area (Å²) >= 11 is 5.88. The number of amides is 1. The molecule has 2 heterocycles. The lowest BCUT2D eigenvalue weighted by molar-refractivity contribution is -0.143. The van der Waals surface area contributed by atoms with Gasteiger partial charge in [0.05, 0.1) is 6.04 Å². The number of hydrogen-bond acceptors (Lipinski definition) is 2. The van der Waals surface area contributed by atoms with Crippen molar-refractivity contribution in [2.45, 2.75) is 25.1 Å². The largest absolute Gasteiger partial charge is 0.433 e.